The first-order chi connectivity index (χ1) is 9.22. The lowest BCUT2D eigenvalue weighted by Gasteiger charge is -2.22. The summed E-state index contributed by atoms with van der Waals surface area (Å²) in [5.41, 5.74) is 1.14. The van der Waals surface area contributed by atoms with Crippen molar-refractivity contribution in [1.82, 2.24) is 5.32 Å². The maximum atomic E-state index is 5.51. The summed E-state index contributed by atoms with van der Waals surface area (Å²) in [6.07, 6.45) is -0.202. The minimum Gasteiger partial charge on any atom is -0.496 e. The van der Waals surface area contributed by atoms with Crippen molar-refractivity contribution < 1.29 is 14.2 Å². The molecule has 1 aromatic carbocycles. The van der Waals surface area contributed by atoms with Crippen molar-refractivity contribution in [2.75, 3.05) is 26.9 Å². The third-order valence-corrected chi connectivity index (χ3v) is 2.90. The lowest BCUT2D eigenvalue weighted by Crippen LogP contribution is -2.33. The average Bonchev–Trinajstić information content (AvgIpc) is 2.44. The van der Waals surface area contributed by atoms with Crippen LogP contribution in [0.5, 0.6) is 5.75 Å². The van der Waals surface area contributed by atoms with Crippen LogP contribution >= 0.6 is 0 Å². The van der Waals surface area contributed by atoms with Crippen LogP contribution in [0.2, 0.25) is 0 Å². The SMILES string of the molecule is CCOC(CNC(C)c1ccccc1OC)OCC. The third kappa shape index (κ3) is 5.19. The number of ether oxygens (including phenoxy) is 3. The Balaban J connectivity index is 2.55. The normalized spacial score (nSPS) is 12.7. The van der Waals surface area contributed by atoms with Crippen molar-refractivity contribution in [2.24, 2.45) is 0 Å². The number of para-hydroxylation sites is 1. The molecule has 0 aliphatic heterocycles. The molecule has 0 fully saturated rings. The molecule has 0 amide bonds. The van der Waals surface area contributed by atoms with Crippen molar-refractivity contribution in [2.45, 2.75) is 33.1 Å². The molecule has 108 valence electrons. The summed E-state index contributed by atoms with van der Waals surface area (Å²) in [4.78, 5) is 0. The largest absolute Gasteiger partial charge is 0.496 e. The van der Waals surface area contributed by atoms with Crippen molar-refractivity contribution in [3.8, 4) is 5.75 Å². The van der Waals surface area contributed by atoms with Crippen LogP contribution in [0.4, 0.5) is 0 Å². The molecule has 0 heterocycles. The molecule has 0 radical (unpaired) electrons. The van der Waals surface area contributed by atoms with Crippen LogP contribution < -0.4 is 10.1 Å². The zero-order valence-electron chi connectivity index (χ0n) is 12.3. The molecule has 0 spiro atoms. The van der Waals surface area contributed by atoms with E-state index in [1.807, 2.05) is 32.0 Å². The summed E-state index contributed by atoms with van der Waals surface area (Å²) >= 11 is 0. The van der Waals surface area contributed by atoms with E-state index in [2.05, 4.69) is 18.3 Å². The van der Waals surface area contributed by atoms with Crippen molar-refractivity contribution in [3.05, 3.63) is 29.8 Å². The highest BCUT2D eigenvalue weighted by Gasteiger charge is 2.13. The monoisotopic (exact) mass is 267 g/mol. The molecule has 0 saturated heterocycles. The summed E-state index contributed by atoms with van der Waals surface area (Å²) in [6.45, 7) is 7.99. The number of hydrogen-bond acceptors (Lipinski definition) is 4. The molecule has 0 aliphatic rings. The van der Waals surface area contributed by atoms with E-state index in [-0.39, 0.29) is 12.3 Å². The van der Waals surface area contributed by atoms with E-state index in [0.29, 0.717) is 19.8 Å². The summed E-state index contributed by atoms with van der Waals surface area (Å²) in [6, 6.07) is 8.19. The Labute approximate surface area is 116 Å². The van der Waals surface area contributed by atoms with Gasteiger partial charge in [0.25, 0.3) is 0 Å². The summed E-state index contributed by atoms with van der Waals surface area (Å²) in [7, 11) is 1.69. The lowest BCUT2D eigenvalue weighted by atomic mass is 10.1. The van der Waals surface area contributed by atoms with Gasteiger partial charge < -0.3 is 19.5 Å². The van der Waals surface area contributed by atoms with Gasteiger partial charge in [0.2, 0.25) is 0 Å². The highest BCUT2D eigenvalue weighted by Crippen LogP contribution is 2.24. The van der Waals surface area contributed by atoms with Gasteiger partial charge in [-0.25, -0.2) is 0 Å². The molecule has 0 saturated carbocycles. The second kappa shape index (κ2) is 8.91. The van der Waals surface area contributed by atoms with E-state index in [1.165, 1.54) is 0 Å². The van der Waals surface area contributed by atoms with Crippen molar-refractivity contribution >= 4 is 0 Å². The molecule has 1 rings (SSSR count). The molecular formula is C15H25NO3. The van der Waals surface area contributed by atoms with Gasteiger partial charge in [0, 0.05) is 31.4 Å². The topological polar surface area (TPSA) is 39.7 Å². The van der Waals surface area contributed by atoms with E-state index >= 15 is 0 Å². The molecule has 4 nitrogen and oxygen atoms in total. The molecule has 4 heteroatoms. The first-order valence-corrected chi connectivity index (χ1v) is 6.82. The summed E-state index contributed by atoms with van der Waals surface area (Å²) in [5, 5.41) is 3.41. The zero-order valence-corrected chi connectivity index (χ0v) is 12.3. The number of benzene rings is 1. The van der Waals surface area contributed by atoms with Crippen LogP contribution in [0.15, 0.2) is 24.3 Å². The second-order valence-electron chi connectivity index (χ2n) is 4.21. The van der Waals surface area contributed by atoms with Crippen LogP contribution in [0, 0.1) is 0 Å². The van der Waals surface area contributed by atoms with Gasteiger partial charge in [-0.05, 0) is 26.8 Å². The Hall–Kier alpha value is -1.10. The fourth-order valence-electron chi connectivity index (χ4n) is 1.94. The van der Waals surface area contributed by atoms with Gasteiger partial charge in [-0.2, -0.15) is 0 Å². The van der Waals surface area contributed by atoms with Crippen molar-refractivity contribution in [3.63, 3.8) is 0 Å². The van der Waals surface area contributed by atoms with Crippen LogP contribution in [0.3, 0.4) is 0 Å². The molecule has 1 atom stereocenters. The van der Waals surface area contributed by atoms with Crippen LogP contribution in [0.1, 0.15) is 32.4 Å². The first-order valence-electron chi connectivity index (χ1n) is 6.82. The van der Waals surface area contributed by atoms with E-state index in [9.17, 15) is 0 Å². The Morgan fingerprint density at radius 2 is 1.74 bits per heavy atom. The number of methoxy groups -OCH3 is 1. The Bertz CT molecular complexity index is 351. The van der Waals surface area contributed by atoms with Crippen molar-refractivity contribution in [1.29, 1.82) is 0 Å². The number of rotatable bonds is 9. The molecule has 0 aliphatic carbocycles. The van der Waals surface area contributed by atoms with Crippen LogP contribution in [-0.2, 0) is 9.47 Å². The van der Waals surface area contributed by atoms with Gasteiger partial charge in [-0.3, -0.25) is 0 Å². The van der Waals surface area contributed by atoms with Gasteiger partial charge in [0.1, 0.15) is 5.75 Å². The average molecular weight is 267 g/mol. The lowest BCUT2D eigenvalue weighted by molar-refractivity contribution is -0.133. The second-order valence-corrected chi connectivity index (χ2v) is 4.21. The fourth-order valence-corrected chi connectivity index (χ4v) is 1.94. The highest BCUT2D eigenvalue weighted by atomic mass is 16.7. The van der Waals surface area contributed by atoms with Gasteiger partial charge in [-0.15, -0.1) is 0 Å². The summed E-state index contributed by atoms with van der Waals surface area (Å²) in [5.74, 6) is 0.895. The van der Waals surface area contributed by atoms with E-state index in [1.54, 1.807) is 7.11 Å². The van der Waals surface area contributed by atoms with E-state index in [0.717, 1.165) is 11.3 Å². The van der Waals surface area contributed by atoms with Gasteiger partial charge in [-0.1, -0.05) is 18.2 Å². The minimum atomic E-state index is -0.202. The minimum absolute atomic E-state index is 0.180. The molecular weight excluding hydrogens is 242 g/mol. The first kappa shape index (κ1) is 16.0. The van der Waals surface area contributed by atoms with Gasteiger partial charge >= 0.3 is 0 Å². The maximum absolute atomic E-state index is 5.51. The van der Waals surface area contributed by atoms with E-state index in [4.69, 9.17) is 14.2 Å². The summed E-state index contributed by atoms with van der Waals surface area (Å²) < 4.78 is 16.4. The Kier molecular flexibility index (Phi) is 7.48. The highest BCUT2D eigenvalue weighted by molar-refractivity contribution is 5.35. The van der Waals surface area contributed by atoms with Gasteiger partial charge in [0.05, 0.1) is 7.11 Å². The molecule has 1 unspecified atom stereocenters. The third-order valence-electron chi connectivity index (χ3n) is 2.90. The smallest absolute Gasteiger partial charge is 0.169 e. The van der Waals surface area contributed by atoms with Gasteiger partial charge in [0.15, 0.2) is 6.29 Å². The molecule has 0 aromatic heterocycles. The predicted octanol–water partition coefficient (Wildman–Crippen LogP) is 2.74. The predicted molar refractivity (Wildman–Crippen MR) is 76.5 cm³/mol. The fraction of sp³-hybridized carbons (Fsp3) is 0.600. The molecule has 1 aromatic rings. The molecule has 0 bridgehead atoms. The van der Waals surface area contributed by atoms with Crippen LogP contribution in [0.25, 0.3) is 0 Å². The standard InChI is InChI=1S/C15H25NO3/c1-5-18-15(19-6-2)11-16-12(3)13-9-7-8-10-14(13)17-4/h7-10,12,15-16H,5-6,11H2,1-4H3. The Morgan fingerprint density at radius 1 is 1.11 bits per heavy atom. The zero-order chi connectivity index (χ0) is 14.1. The van der Waals surface area contributed by atoms with Crippen LogP contribution in [-0.4, -0.2) is 33.2 Å². The number of hydrogen-bond donors (Lipinski definition) is 1. The molecule has 19 heavy (non-hydrogen) atoms. The number of nitrogens with one attached hydrogen (secondary N) is 1. The Morgan fingerprint density at radius 3 is 2.32 bits per heavy atom. The molecule has 1 N–H and O–H groups in total. The maximum Gasteiger partial charge on any atom is 0.169 e. The quantitative estimate of drug-likeness (QED) is 0.698. The van der Waals surface area contributed by atoms with E-state index < -0.39 is 0 Å².